The summed E-state index contributed by atoms with van der Waals surface area (Å²) in [6.07, 6.45) is 0.605. The number of nitrogens with one attached hydrogen (secondary N) is 1. The van der Waals surface area contributed by atoms with E-state index in [4.69, 9.17) is 18.9 Å². The van der Waals surface area contributed by atoms with Crippen LogP contribution in [-0.4, -0.2) is 68.3 Å². The van der Waals surface area contributed by atoms with E-state index in [0.717, 1.165) is 28.6 Å². The number of pyridine rings is 1. The summed E-state index contributed by atoms with van der Waals surface area (Å²) in [5.74, 6) is 2.04. The van der Waals surface area contributed by atoms with E-state index in [9.17, 15) is 9.90 Å². The molecule has 0 bridgehead atoms. The maximum absolute atomic E-state index is 12.4. The lowest BCUT2D eigenvalue weighted by Gasteiger charge is -2.21. The van der Waals surface area contributed by atoms with Crippen LogP contribution in [0.4, 0.5) is 10.5 Å². The first-order chi connectivity index (χ1) is 16.6. The van der Waals surface area contributed by atoms with Gasteiger partial charge in [-0.2, -0.15) is 0 Å². The molecule has 34 heavy (non-hydrogen) atoms. The molecule has 2 N–H and O–H groups in total. The van der Waals surface area contributed by atoms with Crippen LogP contribution in [0.5, 0.6) is 17.2 Å². The molecule has 1 unspecified atom stereocenters. The van der Waals surface area contributed by atoms with Crippen LogP contribution in [0.15, 0.2) is 48.7 Å². The quantitative estimate of drug-likeness (QED) is 0.490. The Bertz CT molecular complexity index is 1190. The summed E-state index contributed by atoms with van der Waals surface area (Å²) >= 11 is 0. The van der Waals surface area contributed by atoms with Crippen molar-refractivity contribution < 1.29 is 28.8 Å². The van der Waals surface area contributed by atoms with Gasteiger partial charge in [0, 0.05) is 24.2 Å². The number of rotatable bonds is 8. The molecule has 0 radical (unpaired) electrons. The lowest BCUT2D eigenvalue weighted by Crippen LogP contribution is -2.39. The van der Waals surface area contributed by atoms with Gasteiger partial charge in [-0.25, -0.2) is 4.79 Å². The first-order valence-corrected chi connectivity index (χ1v) is 11.3. The third-order valence-electron chi connectivity index (χ3n) is 6.07. The van der Waals surface area contributed by atoms with Gasteiger partial charge in [0.2, 0.25) is 0 Å². The van der Waals surface area contributed by atoms with Gasteiger partial charge in [0.1, 0.15) is 31.2 Å². The molecule has 178 valence electrons. The molecule has 0 aliphatic carbocycles. The van der Waals surface area contributed by atoms with Gasteiger partial charge in [-0.1, -0.05) is 0 Å². The van der Waals surface area contributed by atoms with E-state index in [1.54, 1.807) is 31.5 Å². The summed E-state index contributed by atoms with van der Waals surface area (Å²) in [7, 11) is 1.64. The zero-order valence-electron chi connectivity index (χ0n) is 18.9. The second-order valence-corrected chi connectivity index (χ2v) is 8.24. The molecule has 9 heteroatoms. The average molecular weight is 466 g/mol. The molecular formula is C25H27N3O6. The number of methoxy groups -OCH3 is 1. The van der Waals surface area contributed by atoms with Crippen molar-refractivity contribution in [2.45, 2.75) is 18.6 Å². The molecule has 1 fully saturated rings. The highest BCUT2D eigenvalue weighted by Gasteiger charge is 2.37. The van der Waals surface area contributed by atoms with E-state index < -0.39 is 18.3 Å². The highest BCUT2D eigenvalue weighted by atomic mass is 16.6. The predicted octanol–water partition coefficient (Wildman–Crippen LogP) is 2.53. The number of hydrogen-bond acceptors (Lipinski definition) is 8. The lowest BCUT2D eigenvalue weighted by molar-refractivity contribution is 0.0333. The van der Waals surface area contributed by atoms with Crippen molar-refractivity contribution in [1.29, 1.82) is 0 Å². The van der Waals surface area contributed by atoms with Gasteiger partial charge in [-0.15, -0.1) is 0 Å². The summed E-state index contributed by atoms with van der Waals surface area (Å²) in [6, 6.07) is 13.1. The second-order valence-electron chi connectivity index (χ2n) is 8.24. The van der Waals surface area contributed by atoms with Crippen molar-refractivity contribution in [3.8, 4) is 17.2 Å². The first-order valence-electron chi connectivity index (χ1n) is 11.3. The molecule has 0 saturated carbocycles. The van der Waals surface area contributed by atoms with Crippen molar-refractivity contribution in [3.05, 3.63) is 54.2 Å². The Morgan fingerprint density at radius 1 is 1.18 bits per heavy atom. The Balaban J connectivity index is 1.15. The third kappa shape index (κ3) is 4.57. The number of aliphatic hydroxyl groups is 1. The van der Waals surface area contributed by atoms with Crippen molar-refractivity contribution in [2.24, 2.45) is 0 Å². The molecule has 2 atom stereocenters. The number of carbonyl (C=O) groups excluding carboxylic acids is 1. The fourth-order valence-corrected chi connectivity index (χ4v) is 4.23. The summed E-state index contributed by atoms with van der Waals surface area (Å²) in [4.78, 5) is 18.3. The smallest absolute Gasteiger partial charge is 0.414 e. The number of aromatic nitrogens is 1. The van der Waals surface area contributed by atoms with Gasteiger partial charge in [0.25, 0.3) is 0 Å². The number of carbonyl (C=O) groups is 1. The van der Waals surface area contributed by atoms with Crippen molar-refractivity contribution in [3.63, 3.8) is 0 Å². The Morgan fingerprint density at radius 2 is 2.03 bits per heavy atom. The van der Waals surface area contributed by atoms with Gasteiger partial charge < -0.3 is 29.4 Å². The molecule has 0 spiro atoms. The molecule has 1 amide bonds. The Hall–Kier alpha value is -3.56. The zero-order valence-corrected chi connectivity index (χ0v) is 18.9. The number of benzene rings is 2. The number of hydrogen-bond donors (Lipinski definition) is 2. The van der Waals surface area contributed by atoms with Crippen LogP contribution in [0.3, 0.4) is 0 Å². The highest BCUT2D eigenvalue weighted by molar-refractivity contribution is 5.90. The van der Waals surface area contributed by atoms with Gasteiger partial charge in [-0.05, 0) is 54.9 Å². The average Bonchev–Trinajstić information content (AvgIpc) is 3.27. The van der Waals surface area contributed by atoms with Crippen molar-refractivity contribution in [2.75, 3.05) is 44.9 Å². The van der Waals surface area contributed by atoms with Crippen LogP contribution >= 0.6 is 0 Å². The van der Waals surface area contributed by atoms with E-state index >= 15 is 0 Å². The van der Waals surface area contributed by atoms with Gasteiger partial charge in [0.05, 0.1) is 24.9 Å². The summed E-state index contributed by atoms with van der Waals surface area (Å²) in [5.41, 5.74) is 2.70. The van der Waals surface area contributed by atoms with Crippen LogP contribution in [0.25, 0.3) is 10.9 Å². The fraction of sp³-hybridized carbons (Fsp3) is 0.360. The Labute approximate surface area is 197 Å². The number of anilines is 1. The number of amides is 1. The molecule has 1 aromatic heterocycles. The third-order valence-corrected chi connectivity index (χ3v) is 6.07. The monoisotopic (exact) mass is 465 g/mol. The SMILES string of the molecule is COc1ccc2nccc(CCNC[C@@H](O)C3CN(c4ccc5c(c4)OCCO5)C(=O)O3)c2c1. The molecule has 2 aliphatic rings. The highest BCUT2D eigenvalue weighted by Crippen LogP contribution is 2.35. The second kappa shape index (κ2) is 9.74. The van der Waals surface area contributed by atoms with Crippen LogP contribution in [-0.2, 0) is 11.2 Å². The summed E-state index contributed by atoms with van der Waals surface area (Å²) in [5, 5.41) is 14.9. The summed E-state index contributed by atoms with van der Waals surface area (Å²) in [6.45, 7) is 2.19. The number of ether oxygens (including phenoxy) is 4. The topological polar surface area (TPSA) is 102 Å². The predicted molar refractivity (Wildman–Crippen MR) is 126 cm³/mol. The normalized spacial score (nSPS) is 18.1. The van der Waals surface area contributed by atoms with Gasteiger partial charge in [0.15, 0.2) is 11.5 Å². The first kappa shape index (κ1) is 22.2. The number of nitrogens with zero attached hydrogens (tertiary/aromatic N) is 2. The maximum atomic E-state index is 12.4. The van der Waals surface area contributed by atoms with Crippen LogP contribution < -0.4 is 24.4 Å². The minimum Gasteiger partial charge on any atom is -0.497 e. The summed E-state index contributed by atoms with van der Waals surface area (Å²) < 4.78 is 21.9. The molecule has 1 saturated heterocycles. The number of aliphatic hydroxyl groups excluding tert-OH is 1. The van der Waals surface area contributed by atoms with Gasteiger partial charge in [-0.3, -0.25) is 9.88 Å². The minimum absolute atomic E-state index is 0.260. The van der Waals surface area contributed by atoms with E-state index in [1.807, 2.05) is 24.3 Å². The zero-order chi connectivity index (χ0) is 23.5. The van der Waals surface area contributed by atoms with Crippen molar-refractivity contribution in [1.82, 2.24) is 10.3 Å². The number of fused-ring (bicyclic) bond motifs is 2. The van der Waals surface area contributed by atoms with E-state index in [-0.39, 0.29) is 6.54 Å². The Morgan fingerprint density at radius 3 is 2.88 bits per heavy atom. The lowest BCUT2D eigenvalue weighted by atomic mass is 10.1. The fourth-order valence-electron chi connectivity index (χ4n) is 4.23. The molecular weight excluding hydrogens is 438 g/mol. The number of cyclic esters (lactones) is 1. The maximum Gasteiger partial charge on any atom is 0.414 e. The van der Waals surface area contributed by atoms with Gasteiger partial charge >= 0.3 is 6.09 Å². The van der Waals surface area contributed by atoms with E-state index in [2.05, 4.69) is 10.3 Å². The standard InChI is InChI=1S/C25H27N3O6/c1-31-18-3-4-20-19(13-18)16(7-9-27-20)6-8-26-14-21(29)24-15-28(25(30)34-24)17-2-5-22-23(12-17)33-11-10-32-22/h2-5,7,9,12-13,21,24,26,29H,6,8,10-11,14-15H2,1H3/t21-,24?/m1/s1. The van der Waals surface area contributed by atoms with Crippen LogP contribution in [0.2, 0.25) is 0 Å². The molecule has 2 aromatic carbocycles. The van der Waals surface area contributed by atoms with E-state index in [1.165, 1.54) is 4.90 Å². The largest absolute Gasteiger partial charge is 0.497 e. The Kier molecular flexibility index (Phi) is 6.37. The van der Waals surface area contributed by atoms with Crippen LogP contribution in [0.1, 0.15) is 5.56 Å². The molecule has 9 nitrogen and oxygen atoms in total. The molecule has 3 heterocycles. The van der Waals surface area contributed by atoms with Crippen molar-refractivity contribution >= 4 is 22.7 Å². The van der Waals surface area contributed by atoms with E-state index in [0.29, 0.717) is 43.5 Å². The minimum atomic E-state index is -0.833. The molecule has 2 aliphatic heterocycles. The molecule has 5 rings (SSSR count). The van der Waals surface area contributed by atoms with Crippen LogP contribution in [0, 0.1) is 0 Å². The molecule has 3 aromatic rings.